The second kappa shape index (κ2) is 10.8. The zero-order valence-corrected chi connectivity index (χ0v) is 20.3. The number of hydrogen-bond acceptors (Lipinski definition) is 5. The summed E-state index contributed by atoms with van der Waals surface area (Å²) in [6.45, 7) is 7.35. The lowest BCUT2D eigenvalue weighted by Crippen LogP contribution is -2.39. The quantitative estimate of drug-likeness (QED) is 0.267. The standard InChI is InChI=1S/C26H26ClN3O2S/c1-3-29(4-2)16-17-30(26-28-22-15-14-19(27)18-24(22)33-26)25(31)21-12-8-9-13-23(21)32-20-10-6-5-7-11-20/h5-15,18H,3-4,16-17H2,1-2H3. The van der Waals surface area contributed by atoms with Crippen molar-refractivity contribution in [3.8, 4) is 11.5 Å². The van der Waals surface area contributed by atoms with Crippen LogP contribution in [-0.4, -0.2) is 42.0 Å². The van der Waals surface area contributed by atoms with Crippen molar-refractivity contribution in [2.24, 2.45) is 0 Å². The van der Waals surface area contributed by atoms with Crippen LogP contribution in [0, 0.1) is 0 Å². The van der Waals surface area contributed by atoms with E-state index in [9.17, 15) is 4.79 Å². The average molecular weight is 480 g/mol. The van der Waals surface area contributed by atoms with Crippen LogP contribution in [0.25, 0.3) is 10.2 Å². The first-order chi connectivity index (χ1) is 16.1. The summed E-state index contributed by atoms with van der Waals surface area (Å²) in [5.74, 6) is 1.06. The van der Waals surface area contributed by atoms with E-state index in [2.05, 4.69) is 18.7 Å². The fourth-order valence-electron chi connectivity index (χ4n) is 3.56. The molecule has 0 bridgehead atoms. The first-order valence-corrected chi connectivity index (χ1v) is 12.2. The summed E-state index contributed by atoms with van der Waals surface area (Å²) in [6.07, 6.45) is 0. The Morgan fingerprint density at radius 1 is 0.970 bits per heavy atom. The topological polar surface area (TPSA) is 45.7 Å². The van der Waals surface area contributed by atoms with Crippen LogP contribution in [0.1, 0.15) is 24.2 Å². The lowest BCUT2D eigenvalue weighted by molar-refractivity contribution is 0.0981. The van der Waals surface area contributed by atoms with Gasteiger partial charge in [-0.1, -0.05) is 67.1 Å². The zero-order valence-electron chi connectivity index (χ0n) is 18.7. The number of carbonyl (C=O) groups is 1. The maximum absolute atomic E-state index is 13.9. The third-order valence-electron chi connectivity index (χ3n) is 5.44. The molecule has 4 rings (SSSR count). The first kappa shape index (κ1) is 23.2. The number of benzene rings is 3. The fraction of sp³-hybridized carbons (Fsp3) is 0.231. The molecule has 0 N–H and O–H groups in total. The number of fused-ring (bicyclic) bond motifs is 1. The number of rotatable bonds is 9. The number of carbonyl (C=O) groups excluding carboxylic acids is 1. The van der Waals surface area contributed by atoms with Crippen molar-refractivity contribution >= 4 is 44.2 Å². The highest BCUT2D eigenvalue weighted by molar-refractivity contribution is 7.22. The van der Waals surface area contributed by atoms with Crippen LogP contribution in [0.2, 0.25) is 5.02 Å². The van der Waals surface area contributed by atoms with Crippen LogP contribution in [0.15, 0.2) is 72.8 Å². The SMILES string of the molecule is CCN(CC)CCN(C(=O)c1ccccc1Oc1ccccc1)c1nc2ccc(Cl)cc2s1. The molecule has 3 aromatic carbocycles. The fourth-order valence-corrected chi connectivity index (χ4v) is 4.83. The molecule has 33 heavy (non-hydrogen) atoms. The minimum absolute atomic E-state index is 0.140. The molecule has 5 nitrogen and oxygen atoms in total. The van der Waals surface area contributed by atoms with Crippen LogP contribution in [0.5, 0.6) is 11.5 Å². The highest BCUT2D eigenvalue weighted by Gasteiger charge is 2.24. The number of aromatic nitrogens is 1. The van der Waals surface area contributed by atoms with Gasteiger partial charge in [-0.25, -0.2) is 4.98 Å². The van der Waals surface area contributed by atoms with Crippen LogP contribution in [0.3, 0.4) is 0 Å². The summed E-state index contributed by atoms with van der Waals surface area (Å²) in [7, 11) is 0. The van der Waals surface area contributed by atoms with Gasteiger partial charge in [0.05, 0.1) is 15.8 Å². The number of nitrogens with zero attached hydrogens (tertiary/aromatic N) is 3. The molecule has 1 amide bonds. The van der Waals surface area contributed by atoms with Gasteiger partial charge >= 0.3 is 0 Å². The predicted octanol–water partition coefficient (Wildman–Crippen LogP) is 6.73. The van der Waals surface area contributed by atoms with Crippen molar-refractivity contribution in [1.29, 1.82) is 0 Å². The zero-order chi connectivity index (χ0) is 23.2. The minimum Gasteiger partial charge on any atom is -0.457 e. The Morgan fingerprint density at radius 2 is 1.70 bits per heavy atom. The van der Waals surface area contributed by atoms with Crippen LogP contribution in [0.4, 0.5) is 5.13 Å². The molecule has 0 radical (unpaired) electrons. The average Bonchev–Trinajstić information content (AvgIpc) is 3.25. The highest BCUT2D eigenvalue weighted by atomic mass is 35.5. The molecule has 0 aliphatic rings. The van der Waals surface area contributed by atoms with E-state index in [0.717, 1.165) is 29.9 Å². The number of halogens is 1. The molecular formula is C26H26ClN3O2S. The smallest absolute Gasteiger partial charge is 0.263 e. The monoisotopic (exact) mass is 479 g/mol. The second-order valence-corrected chi connectivity index (χ2v) is 8.95. The van der Waals surface area contributed by atoms with E-state index in [0.29, 0.717) is 33.8 Å². The summed E-state index contributed by atoms with van der Waals surface area (Å²) >= 11 is 7.65. The molecule has 1 aromatic heterocycles. The molecule has 0 saturated heterocycles. The lowest BCUT2D eigenvalue weighted by Gasteiger charge is -2.25. The summed E-state index contributed by atoms with van der Waals surface area (Å²) in [5.41, 5.74) is 1.33. The van der Waals surface area contributed by atoms with Gasteiger partial charge in [-0.2, -0.15) is 0 Å². The Bertz CT molecular complexity index is 1220. The van der Waals surface area contributed by atoms with E-state index < -0.39 is 0 Å². The minimum atomic E-state index is -0.140. The Morgan fingerprint density at radius 3 is 2.45 bits per heavy atom. The molecule has 7 heteroatoms. The first-order valence-electron chi connectivity index (χ1n) is 11.0. The third-order valence-corrected chi connectivity index (χ3v) is 6.71. The maximum Gasteiger partial charge on any atom is 0.263 e. The van der Waals surface area contributed by atoms with Gasteiger partial charge in [0.25, 0.3) is 5.91 Å². The lowest BCUT2D eigenvalue weighted by atomic mass is 10.1. The van der Waals surface area contributed by atoms with Gasteiger partial charge in [-0.3, -0.25) is 9.69 Å². The summed E-state index contributed by atoms with van der Waals surface area (Å²) in [6, 6.07) is 22.4. The molecule has 0 spiro atoms. The third kappa shape index (κ3) is 5.53. The molecule has 4 aromatic rings. The van der Waals surface area contributed by atoms with Crippen molar-refractivity contribution in [3.63, 3.8) is 0 Å². The Kier molecular flexibility index (Phi) is 7.60. The summed E-state index contributed by atoms with van der Waals surface area (Å²) in [4.78, 5) is 22.6. The summed E-state index contributed by atoms with van der Waals surface area (Å²) < 4.78 is 7.02. The van der Waals surface area contributed by atoms with Gasteiger partial charge in [0.2, 0.25) is 0 Å². The van der Waals surface area contributed by atoms with E-state index in [4.69, 9.17) is 21.3 Å². The van der Waals surface area contributed by atoms with Gasteiger partial charge in [-0.05, 0) is 55.6 Å². The van der Waals surface area contributed by atoms with Crippen molar-refractivity contribution in [1.82, 2.24) is 9.88 Å². The number of thiazole rings is 1. The largest absolute Gasteiger partial charge is 0.457 e. The normalized spacial score (nSPS) is 11.2. The Hall–Kier alpha value is -2.93. The van der Waals surface area contributed by atoms with Crippen molar-refractivity contribution in [2.75, 3.05) is 31.1 Å². The molecule has 1 heterocycles. The number of amides is 1. The van der Waals surface area contributed by atoms with E-state index in [1.807, 2.05) is 66.7 Å². The van der Waals surface area contributed by atoms with Crippen LogP contribution < -0.4 is 9.64 Å². The van der Waals surface area contributed by atoms with Crippen LogP contribution >= 0.6 is 22.9 Å². The number of anilines is 1. The molecule has 0 fully saturated rings. The predicted molar refractivity (Wildman–Crippen MR) is 137 cm³/mol. The van der Waals surface area contributed by atoms with Crippen molar-refractivity contribution in [2.45, 2.75) is 13.8 Å². The van der Waals surface area contributed by atoms with E-state index in [1.165, 1.54) is 11.3 Å². The molecule has 170 valence electrons. The molecule has 0 saturated carbocycles. The Balaban J connectivity index is 1.70. The van der Waals surface area contributed by atoms with Gasteiger partial charge < -0.3 is 9.64 Å². The summed E-state index contributed by atoms with van der Waals surface area (Å²) in [5, 5.41) is 1.30. The van der Waals surface area contributed by atoms with Crippen molar-refractivity contribution < 1.29 is 9.53 Å². The molecule has 0 unspecified atom stereocenters. The molecule has 0 atom stereocenters. The van der Waals surface area contributed by atoms with Gasteiger partial charge in [0.15, 0.2) is 5.13 Å². The van der Waals surface area contributed by atoms with E-state index in [-0.39, 0.29) is 5.91 Å². The van der Waals surface area contributed by atoms with Gasteiger partial charge in [0, 0.05) is 18.1 Å². The molecule has 0 aliphatic carbocycles. The van der Waals surface area contributed by atoms with E-state index in [1.54, 1.807) is 11.0 Å². The molecule has 0 aliphatic heterocycles. The number of ether oxygens (including phenoxy) is 1. The highest BCUT2D eigenvalue weighted by Crippen LogP contribution is 2.33. The second-order valence-electron chi connectivity index (χ2n) is 7.50. The van der Waals surface area contributed by atoms with Gasteiger partial charge in [-0.15, -0.1) is 0 Å². The maximum atomic E-state index is 13.9. The number of hydrogen-bond donors (Lipinski definition) is 0. The molecular weight excluding hydrogens is 454 g/mol. The van der Waals surface area contributed by atoms with Gasteiger partial charge in [0.1, 0.15) is 11.5 Å². The number of para-hydroxylation sites is 2. The van der Waals surface area contributed by atoms with Crippen LogP contribution in [-0.2, 0) is 0 Å². The van der Waals surface area contributed by atoms with E-state index >= 15 is 0 Å². The van der Waals surface area contributed by atoms with Crippen molar-refractivity contribution in [3.05, 3.63) is 83.4 Å². The Labute approximate surface area is 203 Å². The number of likely N-dealkylation sites (N-methyl/N-ethyl adjacent to an activating group) is 1.